The molecular formula is C17H15Cl3N2O. The van der Waals surface area contributed by atoms with Gasteiger partial charge >= 0.3 is 0 Å². The fraction of sp³-hybridized carbons (Fsp3) is 0.235. The van der Waals surface area contributed by atoms with Crippen molar-refractivity contribution in [3.05, 3.63) is 63.1 Å². The fourth-order valence-corrected chi connectivity index (χ4v) is 3.30. The third kappa shape index (κ3) is 3.57. The summed E-state index contributed by atoms with van der Waals surface area (Å²) >= 11 is 18.4. The van der Waals surface area contributed by atoms with Crippen LogP contribution < -0.4 is 4.90 Å². The molecule has 1 heterocycles. The van der Waals surface area contributed by atoms with Crippen LogP contribution in [0.15, 0.2) is 42.5 Å². The van der Waals surface area contributed by atoms with E-state index in [2.05, 4.69) is 4.90 Å². The molecule has 3 nitrogen and oxygen atoms in total. The van der Waals surface area contributed by atoms with Crippen LogP contribution in [0.3, 0.4) is 0 Å². The summed E-state index contributed by atoms with van der Waals surface area (Å²) in [5, 5.41) is 1.80. The molecule has 0 atom stereocenters. The van der Waals surface area contributed by atoms with Gasteiger partial charge in [-0.2, -0.15) is 0 Å². The summed E-state index contributed by atoms with van der Waals surface area (Å²) in [4.78, 5) is 16.5. The smallest absolute Gasteiger partial charge is 0.255 e. The van der Waals surface area contributed by atoms with Crippen LogP contribution in [0.1, 0.15) is 10.4 Å². The van der Waals surface area contributed by atoms with Crippen molar-refractivity contribution in [1.29, 1.82) is 0 Å². The molecule has 0 unspecified atom stereocenters. The van der Waals surface area contributed by atoms with E-state index in [0.717, 1.165) is 5.69 Å². The standard InChI is InChI=1S/C17H15Cl3N2O/c18-12-5-6-15(20)16(11-12)21-7-9-22(10-8-21)17(23)13-3-1-2-4-14(13)19/h1-6,11H,7-10H2. The zero-order valence-corrected chi connectivity index (χ0v) is 14.6. The molecule has 2 aromatic carbocycles. The molecule has 1 fully saturated rings. The van der Waals surface area contributed by atoms with E-state index in [1.165, 1.54) is 0 Å². The van der Waals surface area contributed by atoms with E-state index in [4.69, 9.17) is 34.8 Å². The number of amides is 1. The number of rotatable bonds is 2. The van der Waals surface area contributed by atoms with Gasteiger partial charge in [0.05, 0.1) is 21.3 Å². The second kappa shape index (κ2) is 7.00. The van der Waals surface area contributed by atoms with E-state index in [1.807, 2.05) is 23.1 Å². The van der Waals surface area contributed by atoms with E-state index in [1.54, 1.807) is 24.3 Å². The Hall–Kier alpha value is -1.42. The summed E-state index contributed by atoms with van der Waals surface area (Å²) in [6.45, 7) is 2.65. The SMILES string of the molecule is O=C(c1ccccc1Cl)N1CCN(c2cc(Cl)ccc2Cl)CC1. The Morgan fingerprint density at radius 2 is 1.57 bits per heavy atom. The Kier molecular flexibility index (Phi) is 5.00. The van der Waals surface area contributed by atoms with Crippen molar-refractivity contribution in [2.24, 2.45) is 0 Å². The van der Waals surface area contributed by atoms with E-state index in [-0.39, 0.29) is 5.91 Å². The highest BCUT2D eigenvalue weighted by Crippen LogP contribution is 2.30. The monoisotopic (exact) mass is 368 g/mol. The molecule has 1 saturated heterocycles. The van der Waals surface area contributed by atoms with Gasteiger partial charge in [-0.25, -0.2) is 0 Å². The van der Waals surface area contributed by atoms with Crippen LogP contribution in [-0.2, 0) is 0 Å². The molecule has 0 aliphatic carbocycles. The first kappa shape index (κ1) is 16.4. The first-order valence-electron chi connectivity index (χ1n) is 7.30. The second-order valence-electron chi connectivity index (χ2n) is 5.35. The Morgan fingerprint density at radius 1 is 0.870 bits per heavy atom. The lowest BCUT2D eigenvalue weighted by Gasteiger charge is -2.36. The average molecular weight is 370 g/mol. The lowest BCUT2D eigenvalue weighted by Crippen LogP contribution is -2.49. The molecule has 120 valence electrons. The largest absolute Gasteiger partial charge is 0.367 e. The molecule has 3 rings (SSSR count). The van der Waals surface area contributed by atoms with Crippen LogP contribution in [0.2, 0.25) is 15.1 Å². The summed E-state index contributed by atoms with van der Waals surface area (Å²) in [7, 11) is 0. The Morgan fingerprint density at radius 3 is 2.26 bits per heavy atom. The van der Waals surface area contributed by atoms with Crippen molar-refractivity contribution >= 4 is 46.4 Å². The molecule has 0 N–H and O–H groups in total. The number of benzene rings is 2. The minimum absolute atomic E-state index is 0.0348. The lowest BCUT2D eigenvalue weighted by atomic mass is 10.1. The van der Waals surface area contributed by atoms with Crippen LogP contribution in [-0.4, -0.2) is 37.0 Å². The maximum atomic E-state index is 12.6. The van der Waals surface area contributed by atoms with Crippen LogP contribution in [0.25, 0.3) is 0 Å². The third-order valence-corrected chi connectivity index (χ3v) is 4.80. The summed E-state index contributed by atoms with van der Waals surface area (Å²) in [5.41, 5.74) is 1.45. The van der Waals surface area contributed by atoms with Crippen LogP contribution in [0, 0.1) is 0 Å². The van der Waals surface area contributed by atoms with Crippen molar-refractivity contribution in [3.63, 3.8) is 0 Å². The number of carbonyl (C=O) groups is 1. The topological polar surface area (TPSA) is 23.6 Å². The number of carbonyl (C=O) groups excluding carboxylic acids is 1. The summed E-state index contributed by atoms with van der Waals surface area (Å²) in [6, 6.07) is 12.5. The van der Waals surface area contributed by atoms with Crippen LogP contribution in [0.4, 0.5) is 5.69 Å². The van der Waals surface area contributed by atoms with Gasteiger partial charge in [0, 0.05) is 31.2 Å². The van der Waals surface area contributed by atoms with E-state index in [0.29, 0.717) is 46.8 Å². The molecule has 0 saturated carbocycles. The second-order valence-corrected chi connectivity index (χ2v) is 6.61. The number of hydrogen-bond acceptors (Lipinski definition) is 2. The Labute approximate surface area is 150 Å². The molecular weight excluding hydrogens is 355 g/mol. The molecule has 1 aliphatic heterocycles. The number of hydrogen-bond donors (Lipinski definition) is 0. The molecule has 1 amide bonds. The van der Waals surface area contributed by atoms with E-state index in [9.17, 15) is 4.79 Å². The van der Waals surface area contributed by atoms with Gasteiger partial charge in [-0.1, -0.05) is 46.9 Å². The Bertz CT molecular complexity index is 728. The lowest BCUT2D eigenvalue weighted by molar-refractivity contribution is 0.0747. The number of piperazine rings is 1. The first-order valence-corrected chi connectivity index (χ1v) is 8.43. The maximum absolute atomic E-state index is 12.6. The van der Waals surface area contributed by atoms with E-state index < -0.39 is 0 Å². The van der Waals surface area contributed by atoms with Crippen molar-refractivity contribution in [3.8, 4) is 0 Å². The first-order chi connectivity index (χ1) is 11.1. The molecule has 2 aromatic rings. The van der Waals surface area contributed by atoms with Gasteiger partial charge in [0.2, 0.25) is 0 Å². The summed E-state index contributed by atoms with van der Waals surface area (Å²) in [5.74, 6) is -0.0348. The van der Waals surface area contributed by atoms with Gasteiger partial charge in [-0.3, -0.25) is 4.79 Å². The summed E-state index contributed by atoms with van der Waals surface area (Å²) in [6.07, 6.45) is 0. The van der Waals surface area contributed by atoms with Gasteiger partial charge in [-0.05, 0) is 30.3 Å². The fourth-order valence-electron chi connectivity index (χ4n) is 2.68. The quantitative estimate of drug-likeness (QED) is 0.772. The van der Waals surface area contributed by atoms with Gasteiger partial charge in [0.25, 0.3) is 5.91 Å². The minimum Gasteiger partial charge on any atom is -0.367 e. The highest BCUT2D eigenvalue weighted by molar-refractivity contribution is 6.35. The summed E-state index contributed by atoms with van der Waals surface area (Å²) < 4.78 is 0. The van der Waals surface area contributed by atoms with Gasteiger partial charge < -0.3 is 9.80 Å². The van der Waals surface area contributed by atoms with Crippen molar-refractivity contribution in [1.82, 2.24) is 4.90 Å². The van der Waals surface area contributed by atoms with Crippen LogP contribution >= 0.6 is 34.8 Å². The molecule has 23 heavy (non-hydrogen) atoms. The molecule has 6 heteroatoms. The number of halogens is 3. The van der Waals surface area contributed by atoms with Gasteiger partial charge in [-0.15, -0.1) is 0 Å². The molecule has 0 aromatic heterocycles. The third-order valence-electron chi connectivity index (χ3n) is 3.92. The van der Waals surface area contributed by atoms with Crippen molar-refractivity contribution < 1.29 is 4.79 Å². The zero-order chi connectivity index (χ0) is 16.4. The van der Waals surface area contributed by atoms with Gasteiger partial charge in [0.1, 0.15) is 0 Å². The van der Waals surface area contributed by atoms with Crippen molar-refractivity contribution in [2.45, 2.75) is 0 Å². The molecule has 0 spiro atoms. The van der Waals surface area contributed by atoms with Gasteiger partial charge in [0.15, 0.2) is 0 Å². The predicted molar refractivity (Wildman–Crippen MR) is 96.0 cm³/mol. The minimum atomic E-state index is -0.0348. The van der Waals surface area contributed by atoms with Crippen molar-refractivity contribution in [2.75, 3.05) is 31.1 Å². The molecule has 0 radical (unpaired) electrons. The molecule has 1 aliphatic rings. The number of anilines is 1. The number of nitrogens with zero attached hydrogens (tertiary/aromatic N) is 2. The zero-order valence-electron chi connectivity index (χ0n) is 12.3. The van der Waals surface area contributed by atoms with Crippen LogP contribution in [0.5, 0.6) is 0 Å². The highest BCUT2D eigenvalue weighted by atomic mass is 35.5. The normalized spacial score (nSPS) is 14.9. The molecule has 0 bridgehead atoms. The maximum Gasteiger partial charge on any atom is 0.255 e. The Balaban J connectivity index is 1.70. The average Bonchev–Trinajstić information content (AvgIpc) is 2.57. The highest BCUT2D eigenvalue weighted by Gasteiger charge is 2.24. The van der Waals surface area contributed by atoms with E-state index >= 15 is 0 Å². The predicted octanol–water partition coefficient (Wildman–Crippen LogP) is 4.61.